The molecule has 3 nitrogen and oxygen atoms in total. The Kier molecular flexibility index (Phi) is 7.07. The van der Waals surface area contributed by atoms with Crippen molar-refractivity contribution in [1.82, 2.24) is 9.97 Å². The van der Waals surface area contributed by atoms with Crippen LogP contribution in [-0.4, -0.2) is 20.8 Å². The van der Waals surface area contributed by atoms with Crippen LogP contribution in [0.1, 0.15) is 49.7 Å². The van der Waals surface area contributed by atoms with Crippen LogP contribution in [-0.2, 0) is 12.8 Å². The average Bonchev–Trinajstić information content (AvgIpc) is 3.16. The van der Waals surface area contributed by atoms with E-state index in [-0.39, 0.29) is 5.60 Å². The number of H-pyrrole nitrogens is 1. The molecule has 3 aromatic rings. The van der Waals surface area contributed by atoms with E-state index in [1.807, 2.05) is 24.2 Å². The molecule has 1 aromatic heterocycles. The molecule has 4 heteroatoms. The van der Waals surface area contributed by atoms with Crippen LogP contribution in [0.2, 0.25) is 0 Å². The van der Waals surface area contributed by atoms with Gasteiger partial charge in [-0.1, -0.05) is 29.8 Å². The highest BCUT2D eigenvalue weighted by Gasteiger charge is 2.16. The lowest BCUT2D eigenvalue weighted by Gasteiger charge is -2.21. The smallest absolute Gasteiger partial charge is 0.120 e. The van der Waals surface area contributed by atoms with Gasteiger partial charge in [-0.25, -0.2) is 4.98 Å². The first-order valence-corrected chi connectivity index (χ1v) is 11.2. The highest BCUT2D eigenvalue weighted by Crippen LogP contribution is 2.32. The Hall–Kier alpha value is -2.20. The summed E-state index contributed by atoms with van der Waals surface area (Å²) in [6.45, 7) is 10.6. The van der Waals surface area contributed by atoms with Crippen LogP contribution < -0.4 is 4.74 Å². The molecule has 0 amide bonds. The van der Waals surface area contributed by atoms with Crippen molar-refractivity contribution in [2.45, 2.75) is 69.6 Å². The highest BCUT2D eigenvalue weighted by atomic mass is 32.2. The van der Waals surface area contributed by atoms with E-state index in [9.17, 15) is 0 Å². The molecular formula is C25H32N2OS. The van der Waals surface area contributed by atoms with Crippen molar-refractivity contribution in [1.29, 1.82) is 0 Å². The lowest BCUT2D eigenvalue weighted by molar-refractivity contribution is 0.131. The normalized spacial score (nSPS) is 12.7. The molecule has 0 aliphatic heterocycles. The van der Waals surface area contributed by atoms with Crippen LogP contribution in [0.3, 0.4) is 0 Å². The van der Waals surface area contributed by atoms with E-state index >= 15 is 0 Å². The molecule has 2 aromatic carbocycles. The molecule has 1 unspecified atom stereocenters. The number of nitrogens with zero attached hydrogens (tertiary/aromatic N) is 1. The Bertz CT molecular complexity index is 896. The molecule has 0 radical (unpaired) electrons. The predicted octanol–water partition coefficient (Wildman–Crippen LogP) is 6.54. The van der Waals surface area contributed by atoms with Gasteiger partial charge in [-0.05, 0) is 76.8 Å². The standard InChI is InChI=1S/C25H32N2OS/c1-18-6-7-19(2)23(16-18)29-22(17-24-26-14-15-27-24)13-10-20-8-11-21(12-9-20)28-25(3,4)5/h6-9,11-12,14-16,22H,10,13,17H2,1-5H3,(H,26,27). The fourth-order valence-electron chi connectivity index (χ4n) is 3.25. The van der Waals surface area contributed by atoms with Crippen LogP contribution in [0, 0.1) is 13.8 Å². The molecule has 1 heterocycles. The van der Waals surface area contributed by atoms with Gasteiger partial charge in [0.05, 0.1) is 0 Å². The second-order valence-electron chi connectivity index (χ2n) is 8.65. The molecule has 0 bridgehead atoms. The van der Waals surface area contributed by atoms with Crippen LogP contribution in [0.25, 0.3) is 0 Å². The maximum atomic E-state index is 5.94. The number of aromatic nitrogens is 2. The van der Waals surface area contributed by atoms with Gasteiger partial charge in [0.2, 0.25) is 0 Å². The summed E-state index contributed by atoms with van der Waals surface area (Å²) in [5.41, 5.74) is 3.83. The fraction of sp³-hybridized carbons (Fsp3) is 0.400. The summed E-state index contributed by atoms with van der Waals surface area (Å²) in [5.74, 6) is 1.99. The molecule has 0 fully saturated rings. The maximum absolute atomic E-state index is 5.94. The van der Waals surface area contributed by atoms with E-state index in [1.165, 1.54) is 21.6 Å². The van der Waals surface area contributed by atoms with Gasteiger partial charge in [0.1, 0.15) is 17.2 Å². The minimum absolute atomic E-state index is 0.169. The number of hydrogen-bond donors (Lipinski definition) is 1. The molecule has 0 saturated heterocycles. The highest BCUT2D eigenvalue weighted by molar-refractivity contribution is 8.00. The zero-order valence-electron chi connectivity index (χ0n) is 18.2. The molecule has 1 atom stereocenters. The Morgan fingerprint density at radius 2 is 1.83 bits per heavy atom. The van der Waals surface area contributed by atoms with Crippen molar-refractivity contribution < 1.29 is 4.74 Å². The summed E-state index contributed by atoms with van der Waals surface area (Å²) in [6, 6.07) is 15.2. The summed E-state index contributed by atoms with van der Waals surface area (Å²) in [4.78, 5) is 9.09. The Morgan fingerprint density at radius 3 is 2.48 bits per heavy atom. The van der Waals surface area contributed by atoms with E-state index < -0.39 is 0 Å². The molecule has 29 heavy (non-hydrogen) atoms. The topological polar surface area (TPSA) is 37.9 Å². The summed E-state index contributed by atoms with van der Waals surface area (Å²) in [7, 11) is 0. The number of hydrogen-bond acceptors (Lipinski definition) is 3. The molecule has 0 saturated carbocycles. The minimum atomic E-state index is -0.169. The molecule has 0 spiro atoms. The van der Waals surface area contributed by atoms with E-state index in [2.05, 4.69) is 87.1 Å². The first-order chi connectivity index (χ1) is 13.8. The predicted molar refractivity (Wildman–Crippen MR) is 123 cm³/mol. The van der Waals surface area contributed by atoms with E-state index in [4.69, 9.17) is 4.74 Å². The fourth-order valence-corrected chi connectivity index (χ4v) is 4.59. The lowest BCUT2D eigenvalue weighted by atomic mass is 10.1. The third kappa shape index (κ3) is 6.97. The maximum Gasteiger partial charge on any atom is 0.120 e. The molecule has 3 rings (SSSR count). The number of rotatable bonds is 8. The molecule has 1 N–H and O–H groups in total. The SMILES string of the molecule is Cc1ccc(C)c(SC(CCc2ccc(OC(C)(C)C)cc2)Cc2ncc[nH]2)c1. The average molecular weight is 409 g/mol. The lowest BCUT2D eigenvalue weighted by Crippen LogP contribution is -2.22. The quantitative estimate of drug-likeness (QED) is 0.430. The summed E-state index contributed by atoms with van der Waals surface area (Å²) >= 11 is 1.97. The Labute approximate surface area is 179 Å². The van der Waals surface area contributed by atoms with Crippen LogP contribution in [0.15, 0.2) is 59.8 Å². The second-order valence-corrected chi connectivity index (χ2v) is 9.99. The number of aromatic amines is 1. The third-order valence-electron chi connectivity index (χ3n) is 4.72. The summed E-state index contributed by atoms with van der Waals surface area (Å²) in [6.07, 6.45) is 6.82. The molecule has 0 aliphatic carbocycles. The Morgan fingerprint density at radius 1 is 1.07 bits per heavy atom. The number of imidazole rings is 1. The zero-order valence-corrected chi connectivity index (χ0v) is 19.0. The van der Waals surface area contributed by atoms with E-state index in [0.717, 1.165) is 30.8 Å². The van der Waals surface area contributed by atoms with E-state index in [1.54, 1.807) is 0 Å². The van der Waals surface area contributed by atoms with E-state index in [0.29, 0.717) is 5.25 Å². The van der Waals surface area contributed by atoms with Crippen molar-refractivity contribution in [2.75, 3.05) is 0 Å². The van der Waals surface area contributed by atoms with Crippen molar-refractivity contribution in [3.63, 3.8) is 0 Å². The van der Waals surface area contributed by atoms with Crippen LogP contribution >= 0.6 is 11.8 Å². The van der Waals surface area contributed by atoms with Crippen LogP contribution in [0.5, 0.6) is 5.75 Å². The number of nitrogens with one attached hydrogen (secondary N) is 1. The molecule has 154 valence electrons. The largest absolute Gasteiger partial charge is 0.488 e. The van der Waals surface area contributed by atoms with Gasteiger partial charge < -0.3 is 9.72 Å². The van der Waals surface area contributed by atoms with Crippen LogP contribution in [0.4, 0.5) is 0 Å². The minimum Gasteiger partial charge on any atom is -0.488 e. The Balaban J connectivity index is 1.67. The van der Waals surface area contributed by atoms with Crippen molar-refractivity contribution in [2.24, 2.45) is 0 Å². The van der Waals surface area contributed by atoms with Crippen molar-refractivity contribution in [3.05, 3.63) is 77.4 Å². The molecule has 0 aliphatic rings. The second kappa shape index (κ2) is 9.53. The zero-order chi connectivity index (χ0) is 20.9. The van der Waals surface area contributed by atoms with Gasteiger partial charge in [0.25, 0.3) is 0 Å². The number of benzene rings is 2. The third-order valence-corrected chi connectivity index (χ3v) is 6.14. The van der Waals surface area contributed by atoms with Gasteiger partial charge >= 0.3 is 0 Å². The van der Waals surface area contributed by atoms with Gasteiger partial charge in [-0.15, -0.1) is 11.8 Å². The van der Waals surface area contributed by atoms with Gasteiger partial charge in [-0.2, -0.15) is 0 Å². The number of aryl methyl sites for hydroxylation is 3. The van der Waals surface area contributed by atoms with Crippen molar-refractivity contribution >= 4 is 11.8 Å². The first kappa shape index (κ1) is 21.5. The van der Waals surface area contributed by atoms with Gasteiger partial charge in [-0.3, -0.25) is 0 Å². The van der Waals surface area contributed by atoms with Gasteiger partial charge in [0, 0.05) is 29.0 Å². The first-order valence-electron chi connectivity index (χ1n) is 10.3. The number of thioether (sulfide) groups is 1. The van der Waals surface area contributed by atoms with Crippen molar-refractivity contribution in [3.8, 4) is 5.75 Å². The monoisotopic (exact) mass is 408 g/mol. The summed E-state index contributed by atoms with van der Waals surface area (Å²) in [5, 5.41) is 0.465. The van der Waals surface area contributed by atoms with Gasteiger partial charge in [0.15, 0.2) is 0 Å². The summed E-state index contributed by atoms with van der Waals surface area (Å²) < 4.78 is 5.94. The molecular weight excluding hydrogens is 376 g/mol. The number of ether oxygens (including phenoxy) is 1.